The standard InChI is InChI=1S/C17H19BrN2O/c1-10(2)13-6-4-5-11(3)16(13)20-17(21)14-9-12(19)7-8-15(14)18/h4-10H,19H2,1-3H3,(H,20,21). The molecule has 1 amide bonds. The maximum absolute atomic E-state index is 12.5. The topological polar surface area (TPSA) is 55.1 Å². The summed E-state index contributed by atoms with van der Waals surface area (Å²) in [5, 5.41) is 3.02. The van der Waals surface area contributed by atoms with Crippen molar-refractivity contribution in [2.24, 2.45) is 0 Å². The van der Waals surface area contributed by atoms with Crippen LogP contribution in [0.2, 0.25) is 0 Å². The minimum atomic E-state index is -0.162. The molecule has 0 bridgehead atoms. The van der Waals surface area contributed by atoms with E-state index in [1.807, 2.05) is 25.1 Å². The number of halogens is 1. The molecule has 2 aromatic carbocycles. The summed E-state index contributed by atoms with van der Waals surface area (Å²) in [6.07, 6.45) is 0. The highest BCUT2D eigenvalue weighted by atomic mass is 79.9. The average Bonchev–Trinajstić information content (AvgIpc) is 2.43. The van der Waals surface area contributed by atoms with Crippen molar-refractivity contribution >= 4 is 33.2 Å². The number of hydrogen-bond acceptors (Lipinski definition) is 2. The number of nitrogens with one attached hydrogen (secondary N) is 1. The van der Waals surface area contributed by atoms with E-state index in [1.54, 1.807) is 18.2 Å². The lowest BCUT2D eigenvalue weighted by Gasteiger charge is -2.17. The molecule has 0 aliphatic heterocycles. The van der Waals surface area contributed by atoms with Gasteiger partial charge >= 0.3 is 0 Å². The number of aryl methyl sites for hydroxylation is 1. The summed E-state index contributed by atoms with van der Waals surface area (Å²) in [7, 11) is 0. The van der Waals surface area contributed by atoms with E-state index in [4.69, 9.17) is 5.73 Å². The molecule has 0 radical (unpaired) electrons. The highest BCUT2D eigenvalue weighted by molar-refractivity contribution is 9.10. The summed E-state index contributed by atoms with van der Waals surface area (Å²) >= 11 is 3.39. The van der Waals surface area contributed by atoms with Crippen LogP contribution in [0.1, 0.15) is 41.3 Å². The average molecular weight is 347 g/mol. The predicted octanol–water partition coefficient (Wildman–Crippen LogP) is 4.72. The molecule has 0 unspecified atom stereocenters. The second-order valence-corrected chi connectivity index (χ2v) is 6.24. The number of carbonyl (C=O) groups excluding carboxylic acids is 1. The first-order valence-electron chi connectivity index (χ1n) is 6.86. The SMILES string of the molecule is Cc1cccc(C(C)C)c1NC(=O)c1cc(N)ccc1Br. The minimum Gasteiger partial charge on any atom is -0.399 e. The lowest BCUT2D eigenvalue weighted by Crippen LogP contribution is -2.15. The molecule has 0 saturated heterocycles. The molecule has 0 heterocycles. The fourth-order valence-electron chi connectivity index (χ4n) is 2.24. The molecular weight excluding hydrogens is 328 g/mol. The van der Waals surface area contributed by atoms with Gasteiger partial charge in [-0.3, -0.25) is 4.79 Å². The van der Waals surface area contributed by atoms with Gasteiger partial charge in [0.1, 0.15) is 0 Å². The van der Waals surface area contributed by atoms with Gasteiger partial charge in [-0.2, -0.15) is 0 Å². The summed E-state index contributed by atoms with van der Waals surface area (Å²) in [6, 6.07) is 11.3. The van der Waals surface area contributed by atoms with Crippen LogP contribution in [0.15, 0.2) is 40.9 Å². The van der Waals surface area contributed by atoms with E-state index in [9.17, 15) is 4.79 Å². The van der Waals surface area contributed by atoms with Crippen LogP contribution < -0.4 is 11.1 Å². The van der Waals surface area contributed by atoms with Crippen molar-refractivity contribution < 1.29 is 4.79 Å². The van der Waals surface area contributed by atoms with E-state index in [1.165, 1.54) is 0 Å². The zero-order chi connectivity index (χ0) is 15.6. The number of amides is 1. The molecule has 0 atom stereocenters. The molecule has 0 saturated carbocycles. The van der Waals surface area contributed by atoms with E-state index in [0.29, 0.717) is 17.2 Å². The molecule has 3 N–H and O–H groups in total. The van der Waals surface area contributed by atoms with E-state index < -0.39 is 0 Å². The molecule has 0 spiro atoms. The highest BCUT2D eigenvalue weighted by Crippen LogP contribution is 2.29. The maximum atomic E-state index is 12.5. The lowest BCUT2D eigenvalue weighted by molar-refractivity contribution is 0.102. The van der Waals surface area contributed by atoms with Gasteiger partial charge in [-0.15, -0.1) is 0 Å². The summed E-state index contributed by atoms with van der Waals surface area (Å²) in [4.78, 5) is 12.5. The second kappa shape index (κ2) is 6.31. The van der Waals surface area contributed by atoms with Crippen LogP contribution in [0.5, 0.6) is 0 Å². The molecule has 0 aromatic heterocycles. The van der Waals surface area contributed by atoms with Crippen molar-refractivity contribution in [3.8, 4) is 0 Å². The zero-order valence-corrected chi connectivity index (χ0v) is 14.0. The monoisotopic (exact) mass is 346 g/mol. The molecule has 21 heavy (non-hydrogen) atoms. The molecule has 4 heteroatoms. The van der Waals surface area contributed by atoms with Gasteiger partial charge in [0.2, 0.25) is 0 Å². The normalized spacial score (nSPS) is 10.7. The molecule has 3 nitrogen and oxygen atoms in total. The molecule has 110 valence electrons. The van der Waals surface area contributed by atoms with Gasteiger partial charge in [-0.05, 0) is 58.1 Å². The van der Waals surface area contributed by atoms with Gasteiger partial charge in [0.15, 0.2) is 0 Å². The number of rotatable bonds is 3. The van der Waals surface area contributed by atoms with Crippen molar-refractivity contribution in [2.75, 3.05) is 11.1 Å². The van der Waals surface area contributed by atoms with Gasteiger partial charge in [0.05, 0.1) is 5.56 Å². The van der Waals surface area contributed by atoms with Gasteiger partial charge < -0.3 is 11.1 Å². The Morgan fingerprint density at radius 3 is 2.62 bits per heavy atom. The summed E-state index contributed by atoms with van der Waals surface area (Å²) in [5.41, 5.74) is 9.93. The Morgan fingerprint density at radius 1 is 1.24 bits per heavy atom. The molecular formula is C17H19BrN2O. The molecule has 2 rings (SSSR count). The fraction of sp³-hybridized carbons (Fsp3) is 0.235. The molecule has 0 fully saturated rings. The van der Waals surface area contributed by atoms with Crippen molar-refractivity contribution in [1.29, 1.82) is 0 Å². The van der Waals surface area contributed by atoms with Crippen LogP contribution >= 0.6 is 15.9 Å². The third-order valence-corrected chi connectivity index (χ3v) is 4.09. The van der Waals surface area contributed by atoms with Crippen molar-refractivity contribution in [3.05, 3.63) is 57.6 Å². The van der Waals surface area contributed by atoms with Crippen molar-refractivity contribution in [3.63, 3.8) is 0 Å². The summed E-state index contributed by atoms with van der Waals surface area (Å²) in [6.45, 7) is 6.22. The van der Waals surface area contributed by atoms with Crippen LogP contribution in [0, 0.1) is 6.92 Å². The van der Waals surface area contributed by atoms with Gasteiger partial charge in [0, 0.05) is 15.8 Å². The number of anilines is 2. The number of para-hydroxylation sites is 1. The molecule has 0 aliphatic rings. The van der Waals surface area contributed by atoms with Crippen molar-refractivity contribution in [1.82, 2.24) is 0 Å². The minimum absolute atomic E-state index is 0.162. The highest BCUT2D eigenvalue weighted by Gasteiger charge is 2.15. The largest absolute Gasteiger partial charge is 0.399 e. The number of hydrogen-bond donors (Lipinski definition) is 2. The zero-order valence-electron chi connectivity index (χ0n) is 12.4. The summed E-state index contributed by atoms with van der Waals surface area (Å²) in [5.74, 6) is 0.176. The first-order valence-corrected chi connectivity index (χ1v) is 7.65. The third kappa shape index (κ3) is 3.45. The first kappa shape index (κ1) is 15.6. The third-order valence-electron chi connectivity index (χ3n) is 3.40. The fourth-order valence-corrected chi connectivity index (χ4v) is 2.67. The number of nitrogen functional groups attached to an aromatic ring is 1. The Balaban J connectivity index is 2.38. The summed E-state index contributed by atoms with van der Waals surface area (Å²) < 4.78 is 0.730. The van der Waals surface area contributed by atoms with Crippen LogP contribution in [-0.2, 0) is 0 Å². The Hall–Kier alpha value is -1.81. The van der Waals surface area contributed by atoms with E-state index in [2.05, 4.69) is 35.1 Å². The predicted molar refractivity (Wildman–Crippen MR) is 91.8 cm³/mol. The van der Waals surface area contributed by atoms with Crippen LogP contribution in [0.3, 0.4) is 0 Å². The molecule has 2 aromatic rings. The molecule has 0 aliphatic carbocycles. The van der Waals surface area contributed by atoms with E-state index >= 15 is 0 Å². The number of nitrogens with two attached hydrogens (primary N) is 1. The first-order chi connectivity index (χ1) is 9.90. The van der Waals surface area contributed by atoms with Gasteiger partial charge in [-0.1, -0.05) is 32.0 Å². The number of benzene rings is 2. The van der Waals surface area contributed by atoms with Gasteiger partial charge in [-0.25, -0.2) is 0 Å². The Bertz CT molecular complexity index is 680. The Labute approximate surface area is 133 Å². The Kier molecular flexibility index (Phi) is 4.68. The Morgan fingerprint density at radius 2 is 1.95 bits per heavy atom. The van der Waals surface area contributed by atoms with E-state index in [0.717, 1.165) is 21.3 Å². The quantitative estimate of drug-likeness (QED) is 0.790. The van der Waals surface area contributed by atoms with Crippen molar-refractivity contribution in [2.45, 2.75) is 26.7 Å². The number of carbonyl (C=O) groups is 1. The van der Waals surface area contributed by atoms with Gasteiger partial charge in [0.25, 0.3) is 5.91 Å². The maximum Gasteiger partial charge on any atom is 0.256 e. The lowest BCUT2D eigenvalue weighted by atomic mass is 9.98. The van der Waals surface area contributed by atoms with Crippen LogP contribution in [0.25, 0.3) is 0 Å². The smallest absolute Gasteiger partial charge is 0.256 e. The van der Waals surface area contributed by atoms with E-state index in [-0.39, 0.29) is 5.91 Å². The van der Waals surface area contributed by atoms with Crippen LogP contribution in [-0.4, -0.2) is 5.91 Å². The van der Waals surface area contributed by atoms with Crippen LogP contribution in [0.4, 0.5) is 11.4 Å². The second-order valence-electron chi connectivity index (χ2n) is 5.39.